The predicted octanol–water partition coefficient (Wildman–Crippen LogP) is 2.72. The molecular formula is C17H28N4O3S. The van der Waals surface area contributed by atoms with Gasteiger partial charge in [-0.05, 0) is 39.2 Å². The molecule has 0 fully saturated rings. The molecule has 25 heavy (non-hydrogen) atoms. The molecule has 8 heteroatoms. The minimum absolute atomic E-state index is 0.192. The molecule has 0 spiro atoms. The van der Waals surface area contributed by atoms with Crippen molar-refractivity contribution < 1.29 is 14.3 Å². The summed E-state index contributed by atoms with van der Waals surface area (Å²) in [6.45, 7) is 10.3. The van der Waals surface area contributed by atoms with E-state index in [1.54, 1.807) is 6.20 Å². The number of ether oxygens (including phenoxy) is 1. The Morgan fingerprint density at radius 1 is 1.44 bits per heavy atom. The molecule has 0 bridgehead atoms. The summed E-state index contributed by atoms with van der Waals surface area (Å²) in [7, 11) is 0. The number of carbonyl (C=O) groups is 2. The first kappa shape index (κ1) is 19.5. The predicted molar refractivity (Wildman–Crippen MR) is 101 cm³/mol. The van der Waals surface area contributed by atoms with Gasteiger partial charge < -0.3 is 25.3 Å². The Labute approximate surface area is 154 Å². The van der Waals surface area contributed by atoms with E-state index in [2.05, 4.69) is 42.1 Å². The average molecular weight is 369 g/mol. The van der Waals surface area contributed by atoms with E-state index < -0.39 is 11.6 Å². The molecule has 0 aliphatic carbocycles. The lowest BCUT2D eigenvalue weighted by Crippen LogP contribution is -2.53. The van der Waals surface area contributed by atoms with Crippen LogP contribution in [0.2, 0.25) is 0 Å². The molecule has 1 aliphatic heterocycles. The van der Waals surface area contributed by atoms with E-state index in [1.807, 2.05) is 31.7 Å². The lowest BCUT2D eigenvalue weighted by atomic mass is 10.0. The van der Waals surface area contributed by atoms with Gasteiger partial charge in [-0.1, -0.05) is 13.8 Å². The number of rotatable bonds is 5. The maximum absolute atomic E-state index is 12.2. The molecule has 2 amide bonds. The number of hydrogen-bond donors (Lipinski definition) is 4. The number of carbonyl (C=O) groups excluding carboxylic acids is 2. The molecule has 0 radical (unpaired) electrons. The minimum Gasteiger partial charge on any atom is -0.444 e. The number of H-pyrrole nitrogens is 1. The van der Waals surface area contributed by atoms with Gasteiger partial charge in [0.05, 0.1) is 12.2 Å². The second-order valence-corrected chi connectivity index (χ2v) is 8.26. The van der Waals surface area contributed by atoms with Gasteiger partial charge in [0.2, 0.25) is 0 Å². The number of aromatic nitrogens is 1. The summed E-state index contributed by atoms with van der Waals surface area (Å²) in [6, 6.07) is 1.83. The Hall–Kier alpha value is -1.83. The van der Waals surface area contributed by atoms with Gasteiger partial charge in [-0.15, -0.1) is 12.6 Å². The van der Waals surface area contributed by atoms with Crippen molar-refractivity contribution in [2.75, 3.05) is 11.4 Å². The van der Waals surface area contributed by atoms with Crippen LogP contribution in [0.4, 0.5) is 10.5 Å². The number of hydrogen-bond acceptors (Lipinski definition) is 5. The van der Waals surface area contributed by atoms with Gasteiger partial charge >= 0.3 is 6.09 Å². The maximum Gasteiger partial charge on any atom is 0.407 e. The van der Waals surface area contributed by atoms with Gasteiger partial charge in [0.1, 0.15) is 17.3 Å². The van der Waals surface area contributed by atoms with Crippen molar-refractivity contribution in [3.8, 4) is 0 Å². The first-order chi connectivity index (χ1) is 11.6. The molecule has 0 aromatic carbocycles. The molecule has 1 aromatic heterocycles. The largest absolute Gasteiger partial charge is 0.444 e. The Balaban J connectivity index is 2.13. The van der Waals surface area contributed by atoms with Crippen LogP contribution >= 0.6 is 12.6 Å². The summed E-state index contributed by atoms with van der Waals surface area (Å²) < 4.78 is 5.66. The Morgan fingerprint density at radius 3 is 2.72 bits per heavy atom. The van der Waals surface area contributed by atoms with Crippen LogP contribution in [0.15, 0.2) is 12.3 Å². The molecule has 1 aliphatic rings. The van der Waals surface area contributed by atoms with Crippen LogP contribution in [0.25, 0.3) is 0 Å². The number of nitrogens with zero attached hydrogens (tertiary/aromatic N) is 1. The monoisotopic (exact) mass is 368 g/mol. The smallest absolute Gasteiger partial charge is 0.407 e. The molecule has 140 valence electrons. The molecule has 2 rings (SSSR count). The number of alkyl carbamates (subject to hydrolysis) is 1. The van der Waals surface area contributed by atoms with Gasteiger partial charge in [-0.3, -0.25) is 4.79 Å². The highest BCUT2D eigenvalue weighted by molar-refractivity contribution is 7.81. The summed E-state index contributed by atoms with van der Waals surface area (Å²) in [5.74, 6) is 0.166. The van der Waals surface area contributed by atoms with Gasteiger partial charge in [-0.25, -0.2) is 4.79 Å². The van der Waals surface area contributed by atoms with E-state index >= 15 is 0 Å². The molecule has 0 saturated heterocycles. The third-order valence-corrected chi connectivity index (χ3v) is 4.11. The highest BCUT2D eigenvalue weighted by Crippen LogP contribution is 2.28. The first-order valence-electron chi connectivity index (χ1n) is 8.48. The van der Waals surface area contributed by atoms with E-state index in [0.29, 0.717) is 24.6 Å². The van der Waals surface area contributed by atoms with Crippen LogP contribution in [-0.2, 0) is 4.74 Å². The highest BCUT2D eigenvalue weighted by Gasteiger charge is 2.32. The molecule has 2 atom stereocenters. The van der Waals surface area contributed by atoms with Crippen molar-refractivity contribution >= 4 is 30.3 Å². The average Bonchev–Trinajstić information content (AvgIpc) is 2.90. The fourth-order valence-corrected chi connectivity index (χ4v) is 3.11. The Bertz CT molecular complexity index is 624. The first-order valence-corrected chi connectivity index (χ1v) is 9.00. The quantitative estimate of drug-likeness (QED) is 0.602. The molecule has 3 N–H and O–H groups in total. The van der Waals surface area contributed by atoms with Gasteiger partial charge in [-0.2, -0.15) is 0 Å². The zero-order valence-electron chi connectivity index (χ0n) is 15.4. The third-order valence-electron chi connectivity index (χ3n) is 3.70. The summed E-state index contributed by atoms with van der Waals surface area (Å²) in [5.41, 5.74) is 0.420. The molecule has 7 nitrogen and oxygen atoms in total. The lowest BCUT2D eigenvalue weighted by molar-refractivity contribution is 0.0801. The second kappa shape index (κ2) is 7.59. The Morgan fingerprint density at radius 2 is 2.12 bits per heavy atom. The van der Waals surface area contributed by atoms with E-state index in [4.69, 9.17) is 4.74 Å². The number of aromatic amines is 1. The zero-order chi connectivity index (χ0) is 18.8. The number of amides is 2. The van der Waals surface area contributed by atoms with Gasteiger partial charge in [0, 0.05) is 11.7 Å². The molecule has 0 saturated carbocycles. The van der Waals surface area contributed by atoms with Crippen LogP contribution in [0, 0.1) is 5.92 Å². The SMILES string of the molecule is CC(C)C[C@@H](CN1c2cc[nH]c2C(=O)NC1S)OC(=O)NC(C)(C)C. The Kier molecular flexibility index (Phi) is 5.92. The van der Waals surface area contributed by atoms with E-state index in [0.717, 1.165) is 5.69 Å². The van der Waals surface area contributed by atoms with Gasteiger partial charge in [0.15, 0.2) is 0 Å². The van der Waals surface area contributed by atoms with E-state index in [9.17, 15) is 9.59 Å². The summed E-state index contributed by atoms with van der Waals surface area (Å²) in [6.07, 6.45) is 1.66. The number of fused-ring (bicyclic) bond motifs is 1. The number of thiol groups is 1. The topological polar surface area (TPSA) is 86.5 Å². The molecular weight excluding hydrogens is 340 g/mol. The van der Waals surface area contributed by atoms with E-state index in [1.165, 1.54) is 0 Å². The van der Waals surface area contributed by atoms with Crippen LogP contribution in [-0.4, -0.2) is 40.7 Å². The molecule has 2 heterocycles. The summed E-state index contributed by atoms with van der Waals surface area (Å²) >= 11 is 4.46. The third kappa shape index (κ3) is 5.32. The standard InChI is InChI=1S/C17H28N4O3S/c1-10(2)8-11(24-16(23)20-17(3,4)5)9-21-12-6-7-18-13(12)14(22)19-15(21)25/h6-7,10-11,15,18,25H,8-9H2,1-5H3,(H,19,22)(H,20,23)/t11-,15?/m0/s1. The van der Waals surface area contributed by atoms with Crippen LogP contribution in [0.5, 0.6) is 0 Å². The fraction of sp³-hybridized carbons (Fsp3) is 0.647. The zero-order valence-corrected chi connectivity index (χ0v) is 16.3. The lowest BCUT2D eigenvalue weighted by Gasteiger charge is -2.37. The van der Waals surface area contributed by atoms with Crippen molar-refractivity contribution in [3.05, 3.63) is 18.0 Å². The van der Waals surface area contributed by atoms with Crippen molar-refractivity contribution in [2.24, 2.45) is 5.92 Å². The number of nitrogens with one attached hydrogen (secondary N) is 3. The normalized spacial score (nSPS) is 18.6. The van der Waals surface area contributed by atoms with Crippen LogP contribution in [0.1, 0.15) is 51.5 Å². The van der Waals surface area contributed by atoms with Crippen LogP contribution < -0.4 is 15.5 Å². The number of anilines is 1. The van der Waals surface area contributed by atoms with Crippen LogP contribution in [0.3, 0.4) is 0 Å². The van der Waals surface area contributed by atoms with Crippen molar-refractivity contribution in [3.63, 3.8) is 0 Å². The second-order valence-electron chi connectivity index (χ2n) is 7.77. The van der Waals surface area contributed by atoms with E-state index in [-0.39, 0.29) is 17.6 Å². The van der Waals surface area contributed by atoms with Crippen molar-refractivity contribution in [1.29, 1.82) is 0 Å². The van der Waals surface area contributed by atoms with Crippen molar-refractivity contribution in [2.45, 2.75) is 58.2 Å². The minimum atomic E-state index is -0.472. The summed E-state index contributed by atoms with van der Waals surface area (Å²) in [4.78, 5) is 29.0. The molecule has 1 aromatic rings. The van der Waals surface area contributed by atoms with Gasteiger partial charge in [0.25, 0.3) is 5.91 Å². The fourth-order valence-electron chi connectivity index (χ4n) is 2.77. The summed E-state index contributed by atoms with van der Waals surface area (Å²) in [5, 5.41) is 5.60. The highest BCUT2D eigenvalue weighted by atomic mass is 32.1. The van der Waals surface area contributed by atoms with Crippen molar-refractivity contribution in [1.82, 2.24) is 15.6 Å². The molecule has 1 unspecified atom stereocenters. The maximum atomic E-state index is 12.2.